The first-order chi connectivity index (χ1) is 9.69. The van der Waals surface area contributed by atoms with Gasteiger partial charge in [0.05, 0.1) is 16.4 Å². The van der Waals surface area contributed by atoms with Crippen molar-refractivity contribution in [2.45, 2.75) is 25.8 Å². The van der Waals surface area contributed by atoms with Gasteiger partial charge in [-0.2, -0.15) is 0 Å². The van der Waals surface area contributed by atoms with Gasteiger partial charge < -0.3 is 4.57 Å². The molecule has 6 heteroatoms. The van der Waals surface area contributed by atoms with Crippen molar-refractivity contribution in [1.82, 2.24) is 14.5 Å². The first-order valence-corrected chi connectivity index (χ1v) is 7.71. The third kappa shape index (κ3) is 2.43. The minimum Gasteiger partial charge on any atom is -0.326 e. The van der Waals surface area contributed by atoms with Crippen LogP contribution >= 0.6 is 22.9 Å². The summed E-state index contributed by atoms with van der Waals surface area (Å²) in [5.74, 6) is 0.656. The summed E-state index contributed by atoms with van der Waals surface area (Å²) in [7, 11) is 0. The molecule has 0 atom stereocenters. The smallest absolute Gasteiger partial charge is 0.151 e. The van der Waals surface area contributed by atoms with Crippen LogP contribution in [0.4, 0.5) is 4.39 Å². The van der Waals surface area contributed by atoms with Crippen molar-refractivity contribution in [2.75, 3.05) is 0 Å². The third-order valence-corrected chi connectivity index (χ3v) is 4.41. The van der Waals surface area contributed by atoms with Gasteiger partial charge in [-0.3, -0.25) is 0 Å². The Kier molecular flexibility index (Phi) is 3.72. The van der Waals surface area contributed by atoms with Crippen molar-refractivity contribution in [3.63, 3.8) is 0 Å². The van der Waals surface area contributed by atoms with Crippen LogP contribution < -0.4 is 0 Å². The minimum absolute atomic E-state index is 0.269. The Morgan fingerprint density at radius 1 is 1.35 bits per heavy atom. The van der Waals surface area contributed by atoms with E-state index in [0.717, 1.165) is 22.6 Å². The number of benzene rings is 1. The lowest BCUT2D eigenvalue weighted by Gasteiger charge is -2.06. The number of aryl methyl sites for hydroxylation is 3. The van der Waals surface area contributed by atoms with Crippen LogP contribution in [0.5, 0.6) is 0 Å². The van der Waals surface area contributed by atoms with Gasteiger partial charge in [0.15, 0.2) is 5.82 Å². The summed E-state index contributed by atoms with van der Waals surface area (Å²) in [6, 6.07) is 4.98. The molecule has 0 fully saturated rings. The Balaban J connectivity index is 1.95. The van der Waals surface area contributed by atoms with Crippen LogP contribution in [0.3, 0.4) is 0 Å². The molecule has 3 aromatic rings. The molecule has 3 nitrogen and oxygen atoms in total. The fourth-order valence-corrected chi connectivity index (χ4v) is 3.21. The molecule has 0 aliphatic heterocycles. The number of hydrogen-bond donors (Lipinski definition) is 0. The SMILES string of the molecule is Cc1csc(CCn2c(CCl)nc3c(F)cccc32)n1. The van der Waals surface area contributed by atoms with Crippen LogP contribution in [0.2, 0.25) is 0 Å². The Morgan fingerprint density at radius 3 is 2.90 bits per heavy atom. The van der Waals surface area contributed by atoms with E-state index in [9.17, 15) is 4.39 Å². The second-order valence-corrected chi connectivity index (χ2v) is 5.76. The summed E-state index contributed by atoms with van der Waals surface area (Å²) in [4.78, 5) is 8.73. The van der Waals surface area contributed by atoms with Crippen LogP contribution in [0.1, 0.15) is 16.5 Å². The maximum absolute atomic E-state index is 13.8. The van der Waals surface area contributed by atoms with E-state index in [0.29, 0.717) is 17.9 Å². The molecule has 0 saturated carbocycles. The molecule has 0 bridgehead atoms. The fraction of sp³-hybridized carbons (Fsp3) is 0.286. The zero-order valence-electron chi connectivity index (χ0n) is 10.9. The molecule has 0 saturated heterocycles. The van der Waals surface area contributed by atoms with E-state index in [1.165, 1.54) is 6.07 Å². The Morgan fingerprint density at radius 2 is 2.20 bits per heavy atom. The van der Waals surface area contributed by atoms with Gasteiger partial charge in [-0.1, -0.05) is 6.07 Å². The molecule has 0 N–H and O–H groups in total. The zero-order chi connectivity index (χ0) is 14.1. The second-order valence-electron chi connectivity index (χ2n) is 4.55. The number of hydrogen-bond acceptors (Lipinski definition) is 3. The normalized spacial score (nSPS) is 11.3. The number of para-hydroxylation sites is 1. The summed E-state index contributed by atoms with van der Waals surface area (Å²) in [5, 5.41) is 3.10. The average molecular weight is 310 g/mol. The Labute approximate surface area is 125 Å². The maximum atomic E-state index is 13.8. The van der Waals surface area contributed by atoms with Crippen molar-refractivity contribution in [1.29, 1.82) is 0 Å². The number of halogens is 2. The van der Waals surface area contributed by atoms with E-state index in [1.54, 1.807) is 17.4 Å². The molecule has 0 spiro atoms. The van der Waals surface area contributed by atoms with Gasteiger partial charge in [0.1, 0.15) is 11.3 Å². The van der Waals surface area contributed by atoms with E-state index in [2.05, 4.69) is 9.97 Å². The van der Waals surface area contributed by atoms with Gasteiger partial charge in [0, 0.05) is 24.0 Å². The highest BCUT2D eigenvalue weighted by Crippen LogP contribution is 2.21. The minimum atomic E-state index is -0.308. The summed E-state index contributed by atoms with van der Waals surface area (Å²) >= 11 is 7.56. The molecule has 2 aromatic heterocycles. The first kappa shape index (κ1) is 13.5. The summed E-state index contributed by atoms with van der Waals surface area (Å²) in [5.41, 5.74) is 2.21. The Hall–Kier alpha value is -1.46. The topological polar surface area (TPSA) is 30.7 Å². The van der Waals surface area contributed by atoms with E-state index >= 15 is 0 Å². The lowest BCUT2D eigenvalue weighted by atomic mass is 10.3. The molecule has 0 aliphatic carbocycles. The highest BCUT2D eigenvalue weighted by Gasteiger charge is 2.13. The first-order valence-electron chi connectivity index (χ1n) is 6.29. The number of alkyl halides is 1. The standard InChI is InChI=1S/C14H13ClFN3S/c1-9-8-20-13(17-9)5-6-19-11-4-2-3-10(16)14(11)18-12(19)7-15/h2-4,8H,5-7H2,1H3. The summed E-state index contributed by atoms with van der Waals surface area (Å²) in [6.07, 6.45) is 0.796. The fourth-order valence-electron chi connectivity index (χ4n) is 2.24. The highest BCUT2D eigenvalue weighted by molar-refractivity contribution is 7.09. The molecule has 20 heavy (non-hydrogen) atoms. The molecule has 0 unspecified atom stereocenters. The van der Waals surface area contributed by atoms with Crippen LogP contribution in [-0.4, -0.2) is 14.5 Å². The Bertz CT molecular complexity index is 750. The van der Waals surface area contributed by atoms with E-state index in [-0.39, 0.29) is 11.7 Å². The molecule has 2 heterocycles. The molecule has 3 rings (SSSR count). The maximum Gasteiger partial charge on any atom is 0.151 e. The van der Waals surface area contributed by atoms with Crippen molar-refractivity contribution in [2.24, 2.45) is 0 Å². The van der Waals surface area contributed by atoms with Crippen LogP contribution in [0.25, 0.3) is 11.0 Å². The number of imidazole rings is 1. The van der Waals surface area contributed by atoms with Crippen molar-refractivity contribution in [3.05, 3.63) is 45.9 Å². The molecule has 0 radical (unpaired) electrons. The number of thiazole rings is 1. The van der Waals surface area contributed by atoms with Crippen LogP contribution in [0, 0.1) is 12.7 Å². The number of aromatic nitrogens is 3. The van der Waals surface area contributed by atoms with E-state index in [4.69, 9.17) is 11.6 Å². The molecular formula is C14H13ClFN3S. The van der Waals surface area contributed by atoms with Gasteiger partial charge in [-0.25, -0.2) is 14.4 Å². The van der Waals surface area contributed by atoms with Crippen molar-refractivity contribution < 1.29 is 4.39 Å². The third-order valence-electron chi connectivity index (χ3n) is 3.14. The lowest BCUT2D eigenvalue weighted by Crippen LogP contribution is -2.05. The number of fused-ring (bicyclic) bond motifs is 1. The van der Waals surface area contributed by atoms with E-state index in [1.807, 2.05) is 22.9 Å². The monoisotopic (exact) mass is 309 g/mol. The van der Waals surface area contributed by atoms with Crippen LogP contribution in [0.15, 0.2) is 23.6 Å². The summed E-state index contributed by atoms with van der Waals surface area (Å²) < 4.78 is 15.7. The van der Waals surface area contributed by atoms with Gasteiger partial charge in [-0.05, 0) is 19.1 Å². The predicted octanol–water partition coefficient (Wildman–Crippen LogP) is 3.92. The second kappa shape index (κ2) is 5.50. The van der Waals surface area contributed by atoms with Crippen molar-refractivity contribution in [3.8, 4) is 0 Å². The molecule has 0 amide bonds. The number of nitrogens with zero attached hydrogens (tertiary/aromatic N) is 3. The van der Waals surface area contributed by atoms with Crippen LogP contribution in [-0.2, 0) is 18.8 Å². The predicted molar refractivity (Wildman–Crippen MR) is 79.8 cm³/mol. The molecular weight excluding hydrogens is 297 g/mol. The highest BCUT2D eigenvalue weighted by atomic mass is 35.5. The van der Waals surface area contributed by atoms with Gasteiger partial charge >= 0.3 is 0 Å². The van der Waals surface area contributed by atoms with Gasteiger partial charge in [-0.15, -0.1) is 22.9 Å². The number of rotatable bonds is 4. The average Bonchev–Trinajstić information content (AvgIpc) is 3.01. The van der Waals surface area contributed by atoms with Crippen molar-refractivity contribution >= 4 is 34.0 Å². The molecule has 0 aliphatic rings. The molecule has 104 valence electrons. The largest absolute Gasteiger partial charge is 0.326 e. The quantitative estimate of drug-likeness (QED) is 0.684. The lowest BCUT2D eigenvalue weighted by molar-refractivity contribution is 0.637. The summed E-state index contributed by atoms with van der Waals surface area (Å²) in [6.45, 7) is 2.68. The van der Waals surface area contributed by atoms with Gasteiger partial charge in [0.25, 0.3) is 0 Å². The molecule has 1 aromatic carbocycles. The zero-order valence-corrected chi connectivity index (χ0v) is 12.5. The van der Waals surface area contributed by atoms with E-state index < -0.39 is 0 Å². The van der Waals surface area contributed by atoms with Gasteiger partial charge in [0.2, 0.25) is 0 Å².